The fourth-order valence-corrected chi connectivity index (χ4v) is 7.36. The topological polar surface area (TPSA) is 93.2 Å². The second-order valence-electron chi connectivity index (χ2n) is 13.3. The molecule has 0 aliphatic heterocycles. The number of nitrogens with one attached hydrogen (secondary N) is 2. The largest absolute Gasteiger partial charge is 0.496 e. The van der Waals surface area contributed by atoms with Gasteiger partial charge in [0.25, 0.3) is 0 Å². The monoisotopic (exact) mass is 792 g/mol. The van der Waals surface area contributed by atoms with Crippen molar-refractivity contribution in [3.63, 3.8) is 0 Å². The molecular weight excluding hydrogens is 755 g/mol. The van der Waals surface area contributed by atoms with Gasteiger partial charge in [-0.25, -0.2) is 0 Å². The maximum Gasteiger partial charge on any atom is 0.133 e. The van der Waals surface area contributed by atoms with Crippen molar-refractivity contribution in [1.82, 2.24) is 9.97 Å². The zero-order valence-corrected chi connectivity index (χ0v) is 33.2. The van der Waals surface area contributed by atoms with Crippen LogP contribution in [0, 0.1) is 0 Å². The summed E-state index contributed by atoms with van der Waals surface area (Å²) in [7, 11) is 6.61. The van der Waals surface area contributed by atoms with E-state index < -0.39 is 0 Å². The van der Waals surface area contributed by atoms with E-state index >= 15 is 0 Å². The predicted molar refractivity (Wildman–Crippen MR) is 234 cm³/mol. The van der Waals surface area contributed by atoms with Crippen LogP contribution in [0.15, 0.2) is 132 Å². The minimum Gasteiger partial charge on any atom is -0.496 e. The molecule has 0 atom stereocenters. The second kappa shape index (κ2) is 16.3. The van der Waals surface area contributed by atoms with Gasteiger partial charge >= 0.3 is 0 Å². The molecule has 0 aliphatic rings. The van der Waals surface area contributed by atoms with Gasteiger partial charge in [0, 0.05) is 58.1 Å². The highest BCUT2D eigenvalue weighted by atomic mass is 35.5. The molecule has 0 spiro atoms. The van der Waals surface area contributed by atoms with Crippen LogP contribution in [0.25, 0.3) is 44.1 Å². The number of methoxy groups -OCH3 is 4. The maximum atomic E-state index is 6.16. The molecule has 8 aromatic rings. The fourth-order valence-electron chi connectivity index (χ4n) is 7.11. The number of ether oxygens (including phenoxy) is 4. The van der Waals surface area contributed by atoms with Gasteiger partial charge in [0.1, 0.15) is 23.0 Å². The van der Waals surface area contributed by atoms with Crippen molar-refractivity contribution in [1.29, 1.82) is 0 Å². The quantitative estimate of drug-likeness (QED) is 0.120. The number of hydrogen-bond donors (Lipinski definition) is 2. The first-order valence-corrected chi connectivity index (χ1v) is 18.9. The molecule has 0 fully saturated rings. The zero-order valence-electron chi connectivity index (χ0n) is 31.7. The molecule has 10 heteroatoms. The number of hydrogen-bond acceptors (Lipinski definition) is 6. The normalized spacial score (nSPS) is 11.6. The molecule has 284 valence electrons. The Labute approximate surface area is 340 Å². The molecule has 0 bridgehead atoms. The lowest BCUT2D eigenvalue weighted by Crippen LogP contribution is -1.95. The first kappa shape index (κ1) is 37.4. The lowest BCUT2D eigenvalue weighted by atomic mass is 10.0. The van der Waals surface area contributed by atoms with E-state index in [0.29, 0.717) is 33.0 Å². The Morgan fingerprint density at radius 3 is 1.21 bits per heavy atom. The number of benzene rings is 6. The molecule has 0 amide bonds. The van der Waals surface area contributed by atoms with Crippen LogP contribution < -0.4 is 18.9 Å². The molecule has 6 aromatic carbocycles. The Morgan fingerprint density at radius 2 is 0.860 bits per heavy atom. The first-order valence-electron chi connectivity index (χ1n) is 18.2. The highest BCUT2D eigenvalue weighted by Crippen LogP contribution is 2.42. The average Bonchev–Trinajstić information content (AvgIpc) is 3.89. The van der Waals surface area contributed by atoms with Gasteiger partial charge in [-0.05, 0) is 77.2 Å². The number of aromatic amines is 2. The third-order valence-electron chi connectivity index (χ3n) is 10.0. The van der Waals surface area contributed by atoms with Crippen molar-refractivity contribution in [2.45, 2.75) is 6.42 Å². The summed E-state index contributed by atoms with van der Waals surface area (Å²) >= 11 is 12.3. The van der Waals surface area contributed by atoms with E-state index in [2.05, 4.69) is 34.2 Å². The highest BCUT2D eigenvalue weighted by Gasteiger charge is 2.20. The fraction of sp³-hybridized carbons (Fsp3) is 0.106. The Balaban J connectivity index is 0.993. The molecule has 0 saturated heterocycles. The van der Waals surface area contributed by atoms with Crippen molar-refractivity contribution in [3.8, 4) is 45.3 Å². The molecule has 2 heterocycles. The van der Waals surface area contributed by atoms with Crippen LogP contribution >= 0.6 is 23.2 Å². The molecule has 2 aromatic heterocycles. The molecule has 8 rings (SSSR count). The number of nitrogens with zero attached hydrogens (tertiary/aromatic N) is 2. The molecule has 0 aliphatic carbocycles. The van der Waals surface area contributed by atoms with Gasteiger partial charge in [-0.3, -0.25) is 9.98 Å². The second-order valence-corrected chi connectivity index (χ2v) is 14.2. The van der Waals surface area contributed by atoms with E-state index in [0.717, 1.165) is 73.0 Å². The summed E-state index contributed by atoms with van der Waals surface area (Å²) in [5, 5.41) is 3.25. The minimum atomic E-state index is 0.654. The molecule has 2 N–H and O–H groups in total. The van der Waals surface area contributed by atoms with Crippen LogP contribution in [0.4, 0.5) is 11.4 Å². The van der Waals surface area contributed by atoms with Gasteiger partial charge in [0.05, 0.1) is 72.7 Å². The van der Waals surface area contributed by atoms with Crippen molar-refractivity contribution in [2.75, 3.05) is 28.4 Å². The van der Waals surface area contributed by atoms with Gasteiger partial charge in [0.15, 0.2) is 0 Å². The Bertz CT molecular complexity index is 2560. The summed E-state index contributed by atoms with van der Waals surface area (Å²) in [5.41, 5.74) is 11.4. The summed E-state index contributed by atoms with van der Waals surface area (Å²) in [5.74, 6) is 2.71. The third-order valence-corrected chi connectivity index (χ3v) is 10.5. The summed E-state index contributed by atoms with van der Waals surface area (Å²) in [6.45, 7) is 0. The number of halogens is 2. The lowest BCUT2D eigenvalue weighted by Gasteiger charge is -2.12. The molecule has 8 nitrogen and oxygen atoms in total. The molecule has 57 heavy (non-hydrogen) atoms. The van der Waals surface area contributed by atoms with Gasteiger partial charge in [-0.1, -0.05) is 71.7 Å². The highest BCUT2D eigenvalue weighted by molar-refractivity contribution is 6.31. The standard InChI is InChI=1S/C47H38Cl2N4O4/c1-54-40-22-42(56-3)44-36(30-9-13-32(48)14-10-30)24-52-46(44)38(40)26-50-34-17-5-28(6-18-34)21-29-7-19-35(20-8-29)51-27-39-41(55-2)23-43(57-4)45-37(25-53-47(39)45)31-11-15-33(49)16-12-31/h5-20,22-27,52-53H,21H2,1-4H3. The molecule has 0 saturated carbocycles. The van der Waals surface area contributed by atoms with Crippen molar-refractivity contribution < 1.29 is 18.9 Å². The zero-order chi connectivity index (χ0) is 39.5. The first-order chi connectivity index (χ1) is 27.9. The van der Waals surface area contributed by atoms with E-state index in [9.17, 15) is 0 Å². The van der Waals surface area contributed by atoms with E-state index in [1.54, 1.807) is 28.4 Å². The summed E-state index contributed by atoms with van der Waals surface area (Å²) in [6.07, 6.45) is 8.37. The van der Waals surface area contributed by atoms with E-state index in [1.165, 1.54) is 11.1 Å². The van der Waals surface area contributed by atoms with Gasteiger partial charge in [-0.15, -0.1) is 0 Å². The van der Waals surface area contributed by atoms with Gasteiger partial charge < -0.3 is 28.9 Å². The Kier molecular flexibility index (Phi) is 10.7. The lowest BCUT2D eigenvalue weighted by molar-refractivity contribution is 0.397. The van der Waals surface area contributed by atoms with Crippen LogP contribution in [0.5, 0.6) is 23.0 Å². The summed E-state index contributed by atoms with van der Waals surface area (Å²) < 4.78 is 23.1. The van der Waals surface area contributed by atoms with Crippen molar-refractivity contribution >= 4 is 68.8 Å². The van der Waals surface area contributed by atoms with Crippen molar-refractivity contribution in [2.24, 2.45) is 9.98 Å². The number of H-pyrrole nitrogens is 2. The van der Waals surface area contributed by atoms with Crippen LogP contribution in [-0.2, 0) is 6.42 Å². The van der Waals surface area contributed by atoms with Crippen LogP contribution in [0.1, 0.15) is 22.3 Å². The smallest absolute Gasteiger partial charge is 0.133 e. The molecule has 0 radical (unpaired) electrons. The van der Waals surface area contributed by atoms with E-state index in [-0.39, 0.29) is 0 Å². The van der Waals surface area contributed by atoms with Crippen LogP contribution in [0.3, 0.4) is 0 Å². The summed E-state index contributed by atoms with van der Waals surface area (Å²) in [4.78, 5) is 16.5. The minimum absolute atomic E-state index is 0.654. The Morgan fingerprint density at radius 1 is 0.491 bits per heavy atom. The maximum absolute atomic E-state index is 6.16. The average molecular weight is 794 g/mol. The SMILES string of the molecule is COc1cc(OC)c2c(-c3ccc(Cl)cc3)c[nH]c2c1C=Nc1ccc(Cc2ccc(N=Cc3c(OC)cc(OC)c4c(-c5ccc(Cl)cc5)c[nH]c34)cc2)cc1. The predicted octanol–water partition coefficient (Wildman–Crippen LogP) is 12.4. The third kappa shape index (κ3) is 7.57. The van der Waals surface area contributed by atoms with E-state index in [4.69, 9.17) is 52.1 Å². The van der Waals surface area contributed by atoms with Gasteiger partial charge in [0.2, 0.25) is 0 Å². The van der Waals surface area contributed by atoms with Crippen LogP contribution in [0.2, 0.25) is 10.0 Å². The number of aliphatic imine (C=N–C) groups is 2. The van der Waals surface area contributed by atoms with Crippen LogP contribution in [-0.4, -0.2) is 50.8 Å². The van der Waals surface area contributed by atoms with Crippen molar-refractivity contribution in [3.05, 3.63) is 154 Å². The number of rotatable bonds is 12. The van der Waals surface area contributed by atoms with E-state index in [1.807, 2.05) is 110 Å². The molecule has 0 unspecified atom stereocenters. The summed E-state index contributed by atoms with van der Waals surface area (Å²) in [6, 6.07) is 35.8. The van der Waals surface area contributed by atoms with Gasteiger partial charge in [-0.2, -0.15) is 0 Å². The molecular formula is C47H38Cl2N4O4. The number of fused-ring (bicyclic) bond motifs is 2. The Hall–Kier alpha value is -6.48. The number of aromatic nitrogens is 2.